The number of carbonyl (C=O) groups excluding carboxylic acids is 2. The van der Waals surface area contributed by atoms with Crippen molar-refractivity contribution in [2.45, 2.75) is 32.9 Å². The average molecular weight is 264 g/mol. The van der Waals surface area contributed by atoms with E-state index in [0.29, 0.717) is 19.6 Å². The number of nitrogens with one attached hydrogen (secondary N) is 2. The molecule has 0 unspecified atom stereocenters. The molecular weight excluding hydrogens is 244 g/mol. The Morgan fingerprint density at radius 3 is 2.47 bits per heavy atom. The Balaban J connectivity index is 2.66. The zero-order chi connectivity index (χ0) is 14.3. The van der Waals surface area contributed by atoms with Gasteiger partial charge in [0, 0.05) is 12.2 Å². The molecular formula is C14H20N2O3. The number of rotatable bonds is 7. The molecule has 1 rings (SSSR count). The van der Waals surface area contributed by atoms with Crippen LogP contribution >= 0.6 is 0 Å². The van der Waals surface area contributed by atoms with Crippen LogP contribution in [0.15, 0.2) is 24.3 Å². The average Bonchev–Trinajstić information content (AvgIpc) is 2.38. The van der Waals surface area contributed by atoms with Gasteiger partial charge >= 0.3 is 5.97 Å². The summed E-state index contributed by atoms with van der Waals surface area (Å²) in [7, 11) is 0. The predicted molar refractivity (Wildman–Crippen MR) is 73.7 cm³/mol. The molecule has 0 aromatic heterocycles. The number of ether oxygens (including phenoxy) is 1. The lowest BCUT2D eigenvalue weighted by Gasteiger charge is -2.25. The molecule has 5 heteroatoms. The van der Waals surface area contributed by atoms with Crippen molar-refractivity contribution in [2.75, 3.05) is 11.9 Å². The molecule has 0 spiro atoms. The standard InChI is InChI=1S/C14H20N2O3/c1-4-19-13(18)14(2,3)16-12-7-5-11(6-8-12)9-15-10-17/h5-8,10,16H,4,9H2,1-3H3,(H,15,17). The Morgan fingerprint density at radius 1 is 1.32 bits per heavy atom. The van der Waals surface area contributed by atoms with Crippen LogP contribution < -0.4 is 10.6 Å². The number of benzene rings is 1. The van der Waals surface area contributed by atoms with Crippen molar-refractivity contribution in [3.8, 4) is 0 Å². The van der Waals surface area contributed by atoms with Gasteiger partial charge in [0.25, 0.3) is 0 Å². The third-order valence-electron chi connectivity index (χ3n) is 2.59. The Labute approximate surface area is 113 Å². The molecule has 0 atom stereocenters. The first kappa shape index (κ1) is 15.0. The van der Waals surface area contributed by atoms with Crippen LogP contribution in [0.2, 0.25) is 0 Å². The highest BCUT2D eigenvalue weighted by Gasteiger charge is 2.28. The van der Waals surface area contributed by atoms with E-state index in [-0.39, 0.29) is 5.97 Å². The van der Waals surface area contributed by atoms with Crippen molar-refractivity contribution in [1.82, 2.24) is 5.32 Å². The second kappa shape index (κ2) is 6.78. The Morgan fingerprint density at radius 2 is 1.95 bits per heavy atom. The lowest BCUT2D eigenvalue weighted by atomic mass is 10.1. The van der Waals surface area contributed by atoms with Crippen LogP contribution in [0.25, 0.3) is 0 Å². The smallest absolute Gasteiger partial charge is 0.331 e. The lowest BCUT2D eigenvalue weighted by Crippen LogP contribution is -2.41. The van der Waals surface area contributed by atoms with E-state index in [2.05, 4.69) is 10.6 Å². The van der Waals surface area contributed by atoms with E-state index in [9.17, 15) is 9.59 Å². The van der Waals surface area contributed by atoms with E-state index >= 15 is 0 Å². The number of esters is 1. The quantitative estimate of drug-likeness (QED) is 0.581. The SMILES string of the molecule is CCOC(=O)C(C)(C)Nc1ccc(CNC=O)cc1. The summed E-state index contributed by atoms with van der Waals surface area (Å²) in [6.07, 6.45) is 0.663. The van der Waals surface area contributed by atoms with Crippen LogP contribution in [0.1, 0.15) is 26.3 Å². The fourth-order valence-electron chi connectivity index (χ4n) is 1.59. The van der Waals surface area contributed by atoms with Gasteiger partial charge in [0.2, 0.25) is 6.41 Å². The predicted octanol–water partition coefficient (Wildman–Crippen LogP) is 1.69. The molecule has 5 nitrogen and oxygen atoms in total. The van der Waals surface area contributed by atoms with Gasteiger partial charge in [-0.2, -0.15) is 0 Å². The van der Waals surface area contributed by atoms with Gasteiger partial charge < -0.3 is 15.4 Å². The highest BCUT2D eigenvalue weighted by Crippen LogP contribution is 2.17. The molecule has 0 saturated heterocycles. The molecule has 0 saturated carbocycles. The summed E-state index contributed by atoms with van der Waals surface area (Å²) < 4.78 is 5.01. The third-order valence-corrected chi connectivity index (χ3v) is 2.59. The van der Waals surface area contributed by atoms with Crippen LogP contribution in [0.5, 0.6) is 0 Å². The first-order valence-corrected chi connectivity index (χ1v) is 6.21. The Bertz CT molecular complexity index is 427. The monoisotopic (exact) mass is 264 g/mol. The summed E-state index contributed by atoms with van der Waals surface area (Å²) in [5, 5.41) is 5.71. The summed E-state index contributed by atoms with van der Waals surface area (Å²) in [6, 6.07) is 7.51. The van der Waals surface area contributed by atoms with Crippen LogP contribution in [-0.4, -0.2) is 24.5 Å². The molecule has 1 aromatic carbocycles. The lowest BCUT2D eigenvalue weighted by molar-refractivity contribution is -0.147. The number of hydrogen-bond donors (Lipinski definition) is 2. The molecule has 0 aliphatic heterocycles. The molecule has 1 aromatic rings. The van der Waals surface area contributed by atoms with Gasteiger partial charge in [0.15, 0.2) is 0 Å². The molecule has 0 aliphatic carbocycles. The topological polar surface area (TPSA) is 67.4 Å². The van der Waals surface area contributed by atoms with Crippen molar-refractivity contribution in [3.05, 3.63) is 29.8 Å². The number of amides is 1. The van der Waals surface area contributed by atoms with Crippen molar-refractivity contribution in [1.29, 1.82) is 0 Å². The van der Waals surface area contributed by atoms with E-state index in [4.69, 9.17) is 4.74 Å². The number of anilines is 1. The van der Waals surface area contributed by atoms with Gasteiger partial charge in [0.05, 0.1) is 6.61 Å². The maximum absolute atomic E-state index is 11.7. The summed E-state index contributed by atoms with van der Waals surface area (Å²) >= 11 is 0. The summed E-state index contributed by atoms with van der Waals surface area (Å²) in [5.74, 6) is -0.290. The van der Waals surface area contributed by atoms with Crippen molar-refractivity contribution >= 4 is 18.1 Å². The zero-order valence-corrected chi connectivity index (χ0v) is 11.5. The third kappa shape index (κ3) is 4.62. The van der Waals surface area contributed by atoms with E-state index in [0.717, 1.165) is 11.3 Å². The van der Waals surface area contributed by atoms with Gasteiger partial charge in [-0.25, -0.2) is 4.79 Å². The van der Waals surface area contributed by atoms with Crippen LogP contribution in [0.4, 0.5) is 5.69 Å². The molecule has 0 fully saturated rings. The minimum absolute atomic E-state index is 0.290. The fourth-order valence-corrected chi connectivity index (χ4v) is 1.59. The normalized spacial score (nSPS) is 10.7. The number of hydrogen-bond acceptors (Lipinski definition) is 4. The maximum atomic E-state index is 11.7. The highest BCUT2D eigenvalue weighted by molar-refractivity contribution is 5.83. The minimum Gasteiger partial charge on any atom is -0.464 e. The van der Waals surface area contributed by atoms with E-state index in [1.807, 2.05) is 24.3 Å². The van der Waals surface area contributed by atoms with E-state index in [1.165, 1.54) is 0 Å². The summed E-state index contributed by atoms with van der Waals surface area (Å²) in [6.45, 7) is 6.17. The summed E-state index contributed by atoms with van der Waals surface area (Å²) in [4.78, 5) is 21.9. The van der Waals surface area contributed by atoms with Crippen LogP contribution in [0.3, 0.4) is 0 Å². The van der Waals surface area contributed by atoms with Gasteiger partial charge in [-0.1, -0.05) is 12.1 Å². The Hall–Kier alpha value is -2.04. The first-order valence-electron chi connectivity index (χ1n) is 6.21. The van der Waals surface area contributed by atoms with Gasteiger partial charge in [-0.05, 0) is 38.5 Å². The molecule has 0 aliphatic rings. The summed E-state index contributed by atoms with van der Waals surface area (Å²) in [5.41, 5.74) is 1.04. The molecule has 0 radical (unpaired) electrons. The minimum atomic E-state index is -0.779. The van der Waals surface area contributed by atoms with Crippen molar-refractivity contribution in [2.24, 2.45) is 0 Å². The molecule has 19 heavy (non-hydrogen) atoms. The molecule has 0 bridgehead atoms. The van der Waals surface area contributed by atoms with Gasteiger partial charge in [-0.15, -0.1) is 0 Å². The molecule has 2 N–H and O–H groups in total. The second-order valence-electron chi connectivity index (χ2n) is 4.67. The molecule has 104 valence electrons. The second-order valence-corrected chi connectivity index (χ2v) is 4.67. The molecule has 0 heterocycles. The van der Waals surface area contributed by atoms with Crippen LogP contribution in [-0.2, 0) is 20.9 Å². The van der Waals surface area contributed by atoms with Gasteiger partial charge in [-0.3, -0.25) is 4.79 Å². The van der Waals surface area contributed by atoms with Crippen molar-refractivity contribution < 1.29 is 14.3 Å². The number of carbonyl (C=O) groups is 2. The Kier molecular flexibility index (Phi) is 5.36. The maximum Gasteiger partial charge on any atom is 0.331 e. The van der Waals surface area contributed by atoms with Crippen molar-refractivity contribution in [3.63, 3.8) is 0 Å². The highest BCUT2D eigenvalue weighted by atomic mass is 16.5. The first-order chi connectivity index (χ1) is 8.99. The largest absolute Gasteiger partial charge is 0.464 e. The van der Waals surface area contributed by atoms with Gasteiger partial charge in [0.1, 0.15) is 5.54 Å². The van der Waals surface area contributed by atoms with E-state index < -0.39 is 5.54 Å². The molecule has 1 amide bonds. The van der Waals surface area contributed by atoms with Crippen LogP contribution in [0, 0.1) is 0 Å². The fraction of sp³-hybridized carbons (Fsp3) is 0.429. The zero-order valence-electron chi connectivity index (χ0n) is 11.5. The van der Waals surface area contributed by atoms with E-state index in [1.54, 1.807) is 20.8 Å².